The Hall–Kier alpha value is -2.95. The van der Waals surface area contributed by atoms with Crippen LogP contribution in [-0.4, -0.2) is 124 Å². The molecule has 0 radical (unpaired) electrons. The first-order valence-electron chi connectivity index (χ1n) is 13.6. The topological polar surface area (TPSA) is 205 Å². The number of ether oxygens (including phenoxy) is 1. The van der Waals surface area contributed by atoms with Crippen LogP contribution in [0.3, 0.4) is 0 Å². The maximum atomic E-state index is 12.7. The molecule has 39 heavy (non-hydrogen) atoms. The van der Waals surface area contributed by atoms with Crippen LogP contribution in [0.5, 0.6) is 0 Å². The summed E-state index contributed by atoms with van der Waals surface area (Å²) in [7, 11) is 0. The normalized spacial score (nSPS) is 25.2. The molecule has 15 nitrogen and oxygen atoms in total. The molecule has 4 rings (SSSR count). The monoisotopic (exact) mass is 548 g/mol. The van der Waals surface area contributed by atoms with E-state index in [4.69, 9.17) is 10.5 Å². The zero-order valence-electron chi connectivity index (χ0n) is 22.1. The van der Waals surface area contributed by atoms with Gasteiger partial charge in [0.25, 0.3) is 5.91 Å². The first kappa shape index (κ1) is 29.0. The molecule has 0 saturated carbocycles. The molecule has 2 fully saturated rings. The average Bonchev–Trinajstić information content (AvgIpc) is 3.48. The molecule has 8 N–H and O–H groups in total. The first-order valence-corrected chi connectivity index (χ1v) is 13.6. The lowest BCUT2D eigenvalue weighted by atomic mass is 10.1. The largest absolute Gasteiger partial charge is 0.387 e. The number of aliphatic hydroxyl groups excluding tert-OH is 2. The minimum Gasteiger partial charge on any atom is -0.387 e. The van der Waals surface area contributed by atoms with Crippen molar-refractivity contribution in [3.63, 3.8) is 0 Å². The molecule has 0 aliphatic carbocycles. The number of imidazole rings is 1. The van der Waals surface area contributed by atoms with Crippen molar-refractivity contribution in [2.75, 3.05) is 64.6 Å². The van der Waals surface area contributed by atoms with Gasteiger partial charge >= 0.3 is 0 Å². The number of nitrogens with two attached hydrogens (primary N) is 1. The second kappa shape index (κ2) is 14.4. The molecule has 4 atom stereocenters. The number of unbranched alkanes of at least 4 members (excludes halogenated alkanes) is 2. The van der Waals surface area contributed by atoms with Gasteiger partial charge in [0.15, 0.2) is 23.8 Å². The van der Waals surface area contributed by atoms with Gasteiger partial charge in [-0.05, 0) is 12.8 Å². The Morgan fingerprint density at radius 3 is 2.38 bits per heavy atom. The van der Waals surface area contributed by atoms with Gasteiger partial charge in [-0.25, -0.2) is 15.0 Å². The number of amides is 2. The molecular weight excluding hydrogens is 508 g/mol. The molecule has 0 bridgehead atoms. The fourth-order valence-corrected chi connectivity index (χ4v) is 4.73. The van der Waals surface area contributed by atoms with Crippen molar-refractivity contribution < 1.29 is 24.5 Å². The van der Waals surface area contributed by atoms with Crippen molar-refractivity contribution in [1.29, 1.82) is 0 Å². The first-order chi connectivity index (χ1) is 19.0. The summed E-state index contributed by atoms with van der Waals surface area (Å²) in [5.41, 5.74) is 6.47. The summed E-state index contributed by atoms with van der Waals surface area (Å²) >= 11 is 0. The van der Waals surface area contributed by atoms with Gasteiger partial charge in [-0.15, -0.1) is 0 Å². The highest BCUT2D eigenvalue weighted by atomic mass is 16.6. The lowest BCUT2D eigenvalue weighted by molar-refractivity contribution is -0.137. The van der Waals surface area contributed by atoms with Crippen LogP contribution >= 0.6 is 0 Å². The number of carbonyl (C=O) groups excluding carboxylic acids is 2. The highest BCUT2D eigenvalue weighted by Gasteiger charge is 2.47. The van der Waals surface area contributed by atoms with E-state index in [0.29, 0.717) is 43.6 Å². The lowest BCUT2D eigenvalue weighted by Gasteiger charge is -2.24. The number of hydrogen-bond donors (Lipinski definition) is 7. The molecule has 2 aliphatic rings. The lowest BCUT2D eigenvalue weighted by Crippen LogP contribution is -2.44. The van der Waals surface area contributed by atoms with Crippen LogP contribution in [0.25, 0.3) is 11.2 Å². The predicted octanol–water partition coefficient (Wildman–Crippen LogP) is -2.68. The number of nitrogens with zero attached hydrogens (tertiary/aromatic N) is 5. The van der Waals surface area contributed by atoms with Crippen LogP contribution in [-0.2, 0) is 14.3 Å². The van der Waals surface area contributed by atoms with Crippen molar-refractivity contribution in [2.24, 2.45) is 0 Å². The summed E-state index contributed by atoms with van der Waals surface area (Å²) in [6, 6.07) is 0. The second-order valence-electron chi connectivity index (χ2n) is 9.74. The van der Waals surface area contributed by atoms with Gasteiger partial charge in [0, 0.05) is 65.3 Å². The van der Waals surface area contributed by atoms with Crippen LogP contribution in [0, 0.1) is 0 Å². The third-order valence-corrected chi connectivity index (χ3v) is 6.95. The molecule has 4 heterocycles. The van der Waals surface area contributed by atoms with Gasteiger partial charge in [-0.2, -0.15) is 0 Å². The summed E-state index contributed by atoms with van der Waals surface area (Å²) in [4.78, 5) is 39.5. The zero-order valence-corrected chi connectivity index (χ0v) is 22.1. The third-order valence-electron chi connectivity index (χ3n) is 6.95. The van der Waals surface area contributed by atoms with Crippen molar-refractivity contribution in [3.8, 4) is 0 Å². The van der Waals surface area contributed by atoms with Gasteiger partial charge in [0.2, 0.25) is 5.91 Å². The Kier molecular flexibility index (Phi) is 10.8. The van der Waals surface area contributed by atoms with Crippen molar-refractivity contribution in [3.05, 3.63) is 12.7 Å². The zero-order chi connectivity index (χ0) is 27.6. The molecule has 0 unspecified atom stereocenters. The van der Waals surface area contributed by atoms with E-state index in [1.165, 1.54) is 17.2 Å². The maximum Gasteiger partial charge on any atom is 0.252 e. The van der Waals surface area contributed by atoms with E-state index in [9.17, 15) is 19.8 Å². The molecule has 0 spiro atoms. The number of aliphatic hydroxyl groups is 2. The summed E-state index contributed by atoms with van der Waals surface area (Å²) in [6.07, 6.45) is 0.148. The minimum atomic E-state index is -1.43. The molecular formula is C24H40N10O5. The van der Waals surface area contributed by atoms with Gasteiger partial charge in [-0.3, -0.25) is 14.2 Å². The summed E-state index contributed by atoms with van der Waals surface area (Å²) in [5.74, 6) is -0.208. The molecule has 2 aromatic rings. The molecule has 216 valence electrons. The van der Waals surface area contributed by atoms with E-state index in [2.05, 4.69) is 36.2 Å². The smallest absolute Gasteiger partial charge is 0.252 e. The summed E-state index contributed by atoms with van der Waals surface area (Å²) < 4.78 is 7.14. The van der Waals surface area contributed by atoms with Crippen molar-refractivity contribution >= 4 is 28.8 Å². The predicted molar refractivity (Wildman–Crippen MR) is 142 cm³/mol. The van der Waals surface area contributed by atoms with E-state index in [1.807, 2.05) is 4.90 Å². The van der Waals surface area contributed by atoms with Gasteiger partial charge in [0.05, 0.1) is 6.33 Å². The number of hydrogen-bond acceptors (Lipinski definition) is 12. The van der Waals surface area contributed by atoms with Gasteiger partial charge in [-0.1, -0.05) is 6.42 Å². The standard InChI is InChI=1S/C24H40N10O5/c25-21-17-22(31-14-30-21)34(15-32-17)24-19(37)18(36)20(39-24)23(38)29-5-3-1-2-4-16(35)33-12-10-27-8-6-26-7-9-28-11-13-33/h14-15,18-20,24,26-28,36-37H,1-13H2,(H,29,38)(H2,25,30,31)/t18-,19+,20-,24+/m0/s1. The molecule has 0 aromatic carbocycles. The molecule has 2 amide bonds. The van der Waals surface area contributed by atoms with Crippen LogP contribution in [0.15, 0.2) is 12.7 Å². The molecule has 15 heteroatoms. The summed E-state index contributed by atoms with van der Waals surface area (Å²) in [6.45, 7) is 6.83. The second-order valence-corrected chi connectivity index (χ2v) is 9.74. The highest BCUT2D eigenvalue weighted by molar-refractivity contribution is 5.82. The Balaban J connectivity index is 1.17. The number of anilines is 1. The number of carbonyl (C=O) groups is 2. The third kappa shape index (κ3) is 7.58. The Morgan fingerprint density at radius 1 is 0.974 bits per heavy atom. The molecule has 2 aromatic heterocycles. The Morgan fingerprint density at radius 2 is 1.67 bits per heavy atom. The number of rotatable bonds is 8. The van der Waals surface area contributed by atoms with E-state index < -0.39 is 30.4 Å². The van der Waals surface area contributed by atoms with Gasteiger partial charge < -0.3 is 46.9 Å². The van der Waals surface area contributed by atoms with E-state index in [-0.39, 0.29) is 11.7 Å². The van der Waals surface area contributed by atoms with E-state index >= 15 is 0 Å². The Bertz CT molecular complexity index is 1070. The minimum absolute atomic E-state index is 0.138. The highest BCUT2D eigenvalue weighted by Crippen LogP contribution is 2.32. The van der Waals surface area contributed by atoms with E-state index in [1.54, 1.807) is 0 Å². The van der Waals surface area contributed by atoms with Crippen LogP contribution in [0.4, 0.5) is 5.82 Å². The van der Waals surface area contributed by atoms with Crippen LogP contribution < -0.4 is 27.0 Å². The molecule has 2 aliphatic heterocycles. The number of fused-ring (bicyclic) bond motifs is 1. The quantitative estimate of drug-likeness (QED) is 0.169. The van der Waals surface area contributed by atoms with Gasteiger partial charge in [0.1, 0.15) is 24.1 Å². The SMILES string of the molecule is Nc1ncnc2c1ncn2[C@@H]1O[C@H](C(=O)NCCCCCC(=O)N2CCNCCNCCNCC2)[C@@H](O)[C@H]1O. The van der Waals surface area contributed by atoms with Crippen molar-refractivity contribution in [1.82, 2.24) is 45.7 Å². The number of nitrogens with one attached hydrogen (secondary N) is 4. The summed E-state index contributed by atoms with van der Waals surface area (Å²) in [5, 5.41) is 33.8. The maximum absolute atomic E-state index is 12.7. The average molecular weight is 549 g/mol. The Labute approximate surface area is 226 Å². The number of nitrogen functional groups attached to an aromatic ring is 1. The van der Waals surface area contributed by atoms with Crippen LogP contribution in [0.2, 0.25) is 0 Å². The fourth-order valence-electron chi connectivity index (χ4n) is 4.73. The number of aromatic nitrogens is 4. The van der Waals surface area contributed by atoms with Crippen LogP contribution in [0.1, 0.15) is 31.9 Å². The molecule has 2 saturated heterocycles. The van der Waals surface area contributed by atoms with E-state index in [0.717, 1.165) is 52.1 Å². The van der Waals surface area contributed by atoms with Crippen molar-refractivity contribution in [2.45, 2.75) is 50.2 Å². The fraction of sp³-hybridized carbons (Fsp3) is 0.708.